The summed E-state index contributed by atoms with van der Waals surface area (Å²) in [5.41, 5.74) is -5.04. The molecule has 0 aliphatic carbocycles. The van der Waals surface area contributed by atoms with Crippen molar-refractivity contribution in [1.82, 2.24) is 9.55 Å². The molecule has 3 atom stereocenters. The van der Waals surface area contributed by atoms with Gasteiger partial charge >= 0.3 is 18.9 Å². The highest BCUT2D eigenvalue weighted by Crippen LogP contribution is 2.64. The third kappa shape index (κ3) is 4.55. The van der Waals surface area contributed by atoms with E-state index in [0.717, 1.165) is 4.57 Å². The fourth-order valence-electron chi connectivity index (χ4n) is 2.79. The lowest BCUT2D eigenvalue weighted by Gasteiger charge is -2.28. The summed E-state index contributed by atoms with van der Waals surface area (Å²) in [5.74, 6) is 0. The number of hydrogen-bond donors (Lipinski definition) is 2. The van der Waals surface area contributed by atoms with Crippen LogP contribution in [0.2, 0.25) is 0 Å². The SMILES string of the molecule is CCOP(=O)(OCC)C(F)(F)C[C@H]1O[C@@H](n2cc(C)c(=O)[nH]c2=O)C[C@@H]1O. The Morgan fingerprint density at radius 3 is 2.52 bits per heavy atom. The Morgan fingerprint density at radius 2 is 1.96 bits per heavy atom. The second-order valence-corrected chi connectivity index (χ2v) is 8.28. The molecule has 154 valence electrons. The standard InChI is InChI=1S/C15H23F2N2O7P/c1-4-24-27(23,25-5-2)15(16,17)7-11-10(20)6-12(26-11)19-8-9(3)13(21)18-14(19)22/h8,10-12,20H,4-7H2,1-3H3,(H,18,21,22)/t10-,11+,12+/m0/s1. The number of nitrogens with one attached hydrogen (secondary N) is 1. The first-order chi connectivity index (χ1) is 12.5. The van der Waals surface area contributed by atoms with Crippen molar-refractivity contribution in [2.75, 3.05) is 13.2 Å². The predicted molar refractivity (Wildman–Crippen MR) is 91.0 cm³/mol. The van der Waals surface area contributed by atoms with Crippen LogP contribution in [0.15, 0.2) is 15.8 Å². The molecule has 0 saturated carbocycles. The van der Waals surface area contributed by atoms with E-state index >= 15 is 0 Å². The molecule has 2 heterocycles. The van der Waals surface area contributed by atoms with Gasteiger partial charge in [-0.2, -0.15) is 8.78 Å². The number of aromatic amines is 1. The highest BCUT2D eigenvalue weighted by Gasteiger charge is 2.56. The first-order valence-corrected chi connectivity index (χ1v) is 10.0. The lowest BCUT2D eigenvalue weighted by atomic mass is 10.1. The first kappa shape index (κ1) is 21.9. The second-order valence-electron chi connectivity index (χ2n) is 6.11. The zero-order valence-corrected chi connectivity index (χ0v) is 16.1. The summed E-state index contributed by atoms with van der Waals surface area (Å²) in [6.07, 6.45) is -3.83. The Balaban J connectivity index is 2.21. The van der Waals surface area contributed by atoms with Crippen LogP contribution in [0.3, 0.4) is 0 Å². The molecule has 0 radical (unpaired) electrons. The smallest absolute Gasteiger partial charge is 0.390 e. The zero-order chi connectivity index (χ0) is 20.4. The molecule has 1 aromatic heterocycles. The van der Waals surface area contributed by atoms with Crippen molar-refractivity contribution >= 4 is 7.60 Å². The second kappa shape index (κ2) is 8.32. The number of alkyl halides is 2. The molecule has 0 aromatic carbocycles. The van der Waals surface area contributed by atoms with Crippen LogP contribution < -0.4 is 11.2 Å². The Bertz CT molecular complexity index is 815. The fourth-order valence-corrected chi connectivity index (χ4v) is 4.33. The molecule has 1 aliphatic heterocycles. The monoisotopic (exact) mass is 412 g/mol. The predicted octanol–water partition coefficient (Wildman–Crippen LogP) is 1.74. The molecule has 1 saturated heterocycles. The summed E-state index contributed by atoms with van der Waals surface area (Å²) in [4.78, 5) is 25.4. The fraction of sp³-hybridized carbons (Fsp3) is 0.733. The summed E-state index contributed by atoms with van der Waals surface area (Å²) < 4.78 is 57.3. The van der Waals surface area contributed by atoms with E-state index in [1.165, 1.54) is 27.0 Å². The van der Waals surface area contributed by atoms with E-state index in [9.17, 15) is 28.0 Å². The number of hydrogen-bond acceptors (Lipinski definition) is 7. The summed E-state index contributed by atoms with van der Waals surface area (Å²) in [7, 11) is -4.76. The lowest BCUT2D eigenvalue weighted by molar-refractivity contribution is -0.0700. The van der Waals surface area contributed by atoms with Crippen molar-refractivity contribution in [3.8, 4) is 0 Å². The summed E-state index contributed by atoms with van der Waals surface area (Å²) >= 11 is 0. The van der Waals surface area contributed by atoms with Gasteiger partial charge in [0.05, 0.1) is 31.8 Å². The molecular weight excluding hydrogens is 389 g/mol. The Hall–Kier alpha value is -1.39. The van der Waals surface area contributed by atoms with E-state index in [4.69, 9.17) is 13.8 Å². The maximum absolute atomic E-state index is 14.6. The first-order valence-electron chi connectivity index (χ1n) is 8.47. The number of aryl methyl sites for hydroxylation is 1. The van der Waals surface area contributed by atoms with Crippen LogP contribution in [0.5, 0.6) is 0 Å². The van der Waals surface area contributed by atoms with Gasteiger partial charge in [0.25, 0.3) is 5.56 Å². The van der Waals surface area contributed by atoms with Crippen LogP contribution in [0.1, 0.15) is 38.5 Å². The topological polar surface area (TPSA) is 120 Å². The van der Waals surface area contributed by atoms with Gasteiger partial charge in [-0.1, -0.05) is 0 Å². The van der Waals surface area contributed by atoms with Crippen molar-refractivity contribution in [2.24, 2.45) is 0 Å². The Labute approximate surface area is 153 Å². The number of aliphatic hydroxyl groups is 1. The molecule has 12 heteroatoms. The Morgan fingerprint density at radius 1 is 1.37 bits per heavy atom. The maximum atomic E-state index is 14.6. The molecule has 1 aliphatic rings. The van der Waals surface area contributed by atoms with Gasteiger partial charge in [0, 0.05) is 18.2 Å². The van der Waals surface area contributed by atoms with E-state index in [2.05, 4.69) is 4.98 Å². The van der Waals surface area contributed by atoms with Crippen molar-refractivity contribution in [1.29, 1.82) is 0 Å². The van der Waals surface area contributed by atoms with E-state index in [1.54, 1.807) is 0 Å². The number of aromatic nitrogens is 2. The van der Waals surface area contributed by atoms with Crippen LogP contribution >= 0.6 is 7.60 Å². The third-order valence-corrected chi connectivity index (χ3v) is 6.29. The summed E-state index contributed by atoms with van der Waals surface area (Å²) in [5, 5.41) is 10.1. The van der Waals surface area contributed by atoms with Crippen molar-refractivity contribution < 1.29 is 32.2 Å². The van der Waals surface area contributed by atoms with Crippen molar-refractivity contribution in [2.45, 2.75) is 57.7 Å². The maximum Gasteiger partial charge on any atom is 0.399 e. The number of rotatable bonds is 8. The van der Waals surface area contributed by atoms with E-state index in [1.807, 2.05) is 0 Å². The molecule has 2 N–H and O–H groups in total. The molecule has 27 heavy (non-hydrogen) atoms. The van der Waals surface area contributed by atoms with Crippen LogP contribution in [-0.4, -0.2) is 45.7 Å². The van der Waals surface area contributed by atoms with Gasteiger partial charge in [0.15, 0.2) is 0 Å². The highest BCUT2D eigenvalue weighted by molar-refractivity contribution is 7.55. The molecule has 0 amide bonds. The molecular formula is C15H23F2N2O7P. The van der Waals surface area contributed by atoms with Crippen molar-refractivity contribution in [3.05, 3.63) is 32.6 Å². The van der Waals surface area contributed by atoms with E-state index in [0.29, 0.717) is 0 Å². The van der Waals surface area contributed by atoms with Gasteiger partial charge in [-0.25, -0.2) is 4.79 Å². The van der Waals surface area contributed by atoms with Gasteiger partial charge in [0.1, 0.15) is 6.23 Å². The third-order valence-electron chi connectivity index (χ3n) is 4.11. The zero-order valence-electron chi connectivity index (χ0n) is 15.2. The normalized spacial score (nSPS) is 23.7. The molecule has 2 rings (SSSR count). The molecule has 9 nitrogen and oxygen atoms in total. The summed E-state index contributed by atoms with van der Waals surface area (Å²) in [6.45, 7) is 3.80. The molecule has 0 spiro atoms. The van der Waals surface area contributed by atoms with Gasteiger partial charge in [-0.05, 0) is 20.8 Å². The molecule has 1 aromatic rings. The average Bonchev–Trinajstić information content (AvgIpc) is 2.91. The number of ether oxygens (including phenoxy) is 1. The van der Waals surface area contributed by atoms with Gasteiger partial charge in [-0.3, -0.25) is 18.9 Å². The molecule has 1 fully saturated rings. The average molecular weight is 412 g/mol. The van der Waals surface area contributed by atoms with Crippen LogP contribution in [0.25, 0.3) is 0 Å². The minimum Gasteiger partial charge on any atom is -0.390 e. The minimum absolute atomic E-state index is 0.153. The van der Waals surface area contributed by atoms with Crippen LogP contribution in [0.4, 0.5) is 8.78 Å². The number of aliphatic hydroxyl groups excluding tert-OH is 1. The van der Waals surface area contributed by atoms with Gasteiger partial charge in [0.2, 0.25) is 0 Å². The number of nitrogens with zero attached hydrogens (tertiary/aromatic N) is 1. The largest absolute Gasteiger partial charge is 0.399 e. The van der Waals surface area contributed by atoms with Gasteiger partial charge < -0.3 is 18.9 Å². The van der Waals surface area contributed by atoms with Crippen LogP contribution in [-0.2, 0) is 18.3 Å². The van der Waals surface area contributed by atoms with Crippen molar-refractivity contribution in [3.63, 3.8) is 0 Å². The highest BCUT2D eigenvalue weighted by atomic mass is 31.2. The van der Waals surface area contributed by atoms with E-state index in [-0.39, 0.29) is 25.2 Å². The minimum atomic E-state index is -4.76. The number of halogens is 2. The number of H-pyrrole nitrogens is 1. The molecule has 0 bridgehead atoms. The quantitative estimate of drug-likeness (QED) is 0.624. The van der Waals surface area contributed by atoms with Gasteiger partial charge in [-0.15, -0.1) is 0 Å². The molecule has 0 unspecified atom stereocenters. The Kier molecular flexibility index (Phi) is 6.75. The van der Waals surface area contributed by atoms with E-state index < -0.39 is 49.4 Å². The summed E-state index contributed by atoms with van der Waals surface area (Å²) in [6, 6.07) is 0. The lowest BCUT2D eigenvalue weighted by Crippen LogP contribution is -2.34. The van der Waals surface area contributed by atoms with Crippen LogP contribution in [0, 0.1) is 6.92 Å².